The summed E-state index contributed by atoms with van der Waals surface area (Å²) in [4.78, 5) is 11.0. The number of carbonyl (C=O) groups excluding carboxylic acids is 1. The summed E-state index contributed by atoms with van der Waals surface area (Å²) in [5.41, 5.74) is 0. The molecule has 1 aliphatic rings. The Morgan fingerprint density at radius 1 is 1.24 bits per heavy atom. The molecule has 0 bridgehead atoms. The minimum absolute atomic E-state index is 0.0228. The minimum atomic E-state index is -4.11. The maximum absolute atomic E-state index is 13.5. The molecule has 1 aromatic rings. The number of benzene rings is 1. The van der Waals surface area contributed by atoms with Crippen LogP contribution in [0.3, 0.4) is 0 Å². The zero-order chi connectivity index (χ0) is 15.5. The highest BCUT2D eigenvalue weighted by Gasteiger charge is 2.30. The Morgan fingerprint density at radius 2 is 1.86 bits per heavy atom. The summed E-state index contributed by atoms with van der Waals surface area (Å²) in [6, 6.07) is 5.12. The van der Waals surface area contributed by atoms with Crippen LogP contribution in [-0.4, -0.2) is 20.3 Å². The van der Waals surface area contributed by atoms with Crippen LogP contribution in [0.5, 0.6) is 0 Å². The largest absolute Gasteiger partial charge is 0.300 e. The maximum atomic E-state index is 13.5. The number of allylic oxidation sites excluding steroid dienone is 1. The molecule has 114 valence electrons. The van der Waals surface area contributed by atoms with Crippen LogP contribution in [0.15, 0.2) is 41.8 Å². The minimum Gasteiger partial charge on any atom is -0.295 e. The zero-order valence-electron chi connectivity index (χ0n) is 11.5. The molecule has 1 saturated carbocycles. The third-order valence-corrected chi connectivity index (χ3v) is 5.04. The van der Waals surface area contributed by atoms with E-state index in [1.807, 2.05) is 0 Å². The molecule has 21 heavy (non-hydrogen) atoms. The van der Waals surface area contributed by atoms with E-state index >= 15 is 0 Å². The third kappa shape index (κ3) is 3.77. The van der Waals surface area contributed by atoms with Crippen molar-refractivity contribution < 1.29 is 21.8 Å². The number of hydrogen-bond acceptors (Lipinski definition) is 4. The van der Waals surface area contributed by atoms with Crippen molar-refractivity contribution in [2.75, 3.05) is 0 Å². The lowest BCUT2D eigenvalue weighted by Gasteiger charge is -2.26. The first kappa shape index (κ1) is 15.9. The van der Waals surface area contributed by atoms with Gasteiger partial charge in [0.2, 0.25) is 0 Å². The topological polar surface area (TPSA) is 60.4 Å². The monoisotopic (exact) mass is 312 g/mol. The SMILES string of the molecule is C=CC(=O)C1CCC(OS(=O)(=O)c2ccccc2F)CC1. The molecule has 0 radical (unpaired) electrons. The molecule has 0 amide bonds. The van der Waals surface area contributed by atoms with Gasteiger partial charge in [0, 0.05) is 5.92 Å². The van der Waals surface area contributed by atoms with Crippen LogP contribution in [0.25, 0.3) is 0 Å². The number of halogens is 1. The lowest BCUT2D eigenvalue weighted by Crippen LogP contribution is -2.27. The molecule has 0 N–H and O–H groups in total. The van der Waals surface area contributed by atoms with Gasteiger partial charge in [-0.2, -0.15) is 8.42 Å². The predicted octanol–water partition coefficient (Wildman–Crippen LogP) is 2.84. The quantitative estimate of drug-likeness (QED) is 0.619. The van der Waals surface area contributed by atoms with Crippen LogP contribution in [0.2, 0.25) is 0 Å². The molecule has 0 spiro atoms. The van der Waals surface area contributed by atoms with Crippen LogP contribution >= 0.6 is 0 Å². The molecule has 0 heterocycles. The molecule has 6 heteroatoms. The Balaban J connectivity index is 2.02. The molecular formula is C15H17FO4S. The van der Waals surface area contributed by atoms with Gasteiger partial charge in [0.1, 0.15) is 10.7 Å². The van der Waals surface area contributed by atoms with E-state index in [2.05, 4.69) is 6.58 Å². The van der Waals surface area contributed by atoms with Crippen molar-refractivity contribution in [2.24, 2.45) is 5.92 Å². The summed E-state index contributed by atoms with van der Waals surface area (Å²) < 4.78 is 42.7. The molecule has 0 aliphatic heterocycles. The summed E-state index contributed by atoms with van der Waals surface area (Å²) in [6.07, 6.45) is 2.81. The molecule has 2 rings (SSSR count). The van der Waals surface area contributed by atoms with Crippen molar-refractivity contribution in [1.82, 2.24) is 0 Å². The van der Waals surface area contributed by atoms with Crippen molar-refractivity contribution in [3.8, 4) is 0 Å². The molecule has 0 saturated heterocycles. The van der Waals surface area contributed by atoms with Gasteiger partial charge in [-0.1, -0.05) is 18.7 Å². The molecule has 1 aromatic carbocycles. The van der Waals surface area contributed by atoms with Gasteiger partial charge in [-0.25, -0.2) is 4.39 Å². The van der Waals surface area contributed by atoms with E-state index in [1.165, 1.54) is 24.3 Å². The summed E-state index contributed by atoms with van der Waals surface area (Å²) in [7, 11) is -4.11. The lowest BCUT2D eigenvalue weighted by molar-refractivity contribution is -0.119. The van der Waals surface area contributed by atoms with Gasteiger partial charge >= 0.3 is 0 Å². The van der Waals surface area contributed by atoms with Gasteiger partial charge in [-0.05, 0) is 43.9 Å². The number of ketones is 1. The van der Waals surface area contributed by atoms with Crippen LogP contribution < -0.4 is 0 Å². The molecule has 0 atom stereocenters. The summed E-state index contributed by atoms with van der Waals surface area (Å²) >= 11 is 0. The zero-order valence-corrected chi connectivity index (χ0v) is 12.3. The van der Waals surface area contributed by atoms with Crippen LogP contribution in [0.4, 0.5) is 4.39 Å². The fourth-order valence-electron chi connectivity index (χ4n) is 2.49. The van der Waals surface area contributed by atoms with Gasteiger partial charge in [0.25, 0.3) is 10.1 Å². The second-order valence-corrected chi connectivity index (χ2v) is 6.60. The van der Waals surface area contributed by atoms with Crippen LogP contribution in [0, 0.1) is 11.7 Å². The van der Waals surface area contributed by atoms with Crippen molar-refractivity contribution in [2.45, 2.75) is 36.7 Å². The van der Waals surface area contributed by atoms with E-state index < -0.39 is 26.9 Å². The Kier molecular flexibility index (Phi) is 4.90. The van der Waals surface area contributed by atoms with Gasteiger partial charge in [-0.3, -0.25) is 8.98 Å². The highest BCUT2D eigenvalue weighted by atomic mass is 32.2. The molecule has 0 aromatic heterocycles. The fourth-order valence-corrected chi connectivity index (χ4v) is 3.70. The van der Waals surface area contributed by atoms with Crippen LogP contribution in [-0.2, 0) is 19.1 Å². The molecule has 1 aliphatic carbocycles. The first-order valence-corrected chi connectivity index (χ1v) is 8.19. The average Bonchev–Trinajstić information content (AvgIpc) is 2.47. The van der Waals surface area contributed by atoms with Gasteiger partial charge in [0.15, 0.2) is 5.78 Å². The Bertz CT molecular complexity index is 631. The standard InChI is InChI=1S/C15H17FO4S/c1-2-14(17)11-7-9-12(10-8-11)20-21(18,19)15-6-4-3-5-13(15)16/h2-6,11-12H,1,7-10H2. The van der Waals surface area contributed by atoms with Crippen molar-refractivity contribution in [1.29, 1.82) is 0 Å². The second kappa shape index (κ2) is 6.49. The van der Waals surface area contributed by atoms with Crippen molar-refractivity contribution in [3.63, 3.8) is 0 Å². The highest BCUT2D eigenvalue weighted by Crippen LogP contribution is 2.29. The van der Waals surface area contributed by atoms with E-state index in [0.717, 1.165) is 6.07 Å². The molecule has 1 fully saturated rings. The number of rotatable bonds is 5. The normalized spacial score (nSPS) is 22.7. The van der Waals surface area contributed by atoms with Gasteiger partial charge in [-0.15, -0.1) is 0 Å². The van der Waals surface area contributed by atoms with Gasteiger partial charge in [0.05, 0.1) is 6.10 Å². The predicted molar refractivity (Wildman–Crippen MR) is 75.6 cm³/mol. The first-order valence-electron chi connectivity index (χ1n) is 6.78. The Labute approximate surface area is 123 Å². The van der Waals surface area contributed by atoms with E-state index in [0.29, 0.717) is 25.7 Å². The van der Waals surface area contributed by atoms with Crippen molar-refractivity contribution in [3.05, 3.63) is 42.7 Å². The Morgan fingerprint density at radius 3 is 2.43 bits per heavy atom. The summed E-state index contributed by atoms with van der Waals surface area (Å²) in [5.74, 6) is -0.961. The number of hydrogen-bond donors (Lipinski definition) is 0. The molecule has 4 nitrogen and oxygen atoms in total. The Hall–Kier alpha value is -1.53. The smallest absolute Gasteiger partial charge is 0.295 e. The molecule has 0 unspecified atom stereocenters. The number of carbonyl (C=O) groups is 1. The molecular weight excluding hydrogens is 295 g/mol. The van der Waals surface area contributed by atoms with E-state index in [1.54, 1.807) is 0 Å². The average molecular weight is 312 g/mol. The third-order valence-electron chi connectivity index (χ3n) is 3.65. The fraction of sp³-hybridized carbons (Fsp3) is 0.400. The summed E-state index contributed by atoms with van der Waals surface area (Å²) in [6.45, 7) is 3.45. The summed E-state index contributed by atoms with van der Waals surface area (Å²) in [5, 5.41) is 0. The van der Waals surface area contributed by atoms with Crippen molar-refractivity contribution >= 4 is 15.9 Å². The van der Waals surface area contributed by atoms with Crippen LogP contribution in [0.1, 0.15) is 25.7 Å². The van der Waals surface area contributed by atoms with E-state index in [9.17, 15) is 17.6 Å². The van der Waals surface area contributed by atoms with E-state index in [4.69, 9.17) is 4.18 Å². The highest BCUT2D eigenvalue weighted by molar-refractivity contribution is 7.86. The lowest BCUT2D eigenvalue weighted by atomic mass is 9.85. The second-order valence-electron chi connectivity index (χ2n) is 5.06. The maximum Gasteiger partial charge on any atom is 0.300 e. The van der Waals surface area contributed by atoms with E-state index in [-0.39, 0.29) is 11.7 Å². The van der Waals surface area contributed by atoms with Gasteiger partial charge < -0.3 is 0 Å². The first-order chi connectivity index (χ1) is 9.94.